The molecule has 10 aromatic carbocycles. The number of benzene rings is 10. The lowest BCUT2D eigenvalue weighted by atomic mass is 9.72. The largest absolute Gasteiger partial charge is 0.0622 e. The fourth-order valence-electron chi connectivity index (χ4n) is 9.69. The first-order valence-corrected chi connectivity index (χ1v) is 20.8. The van der Waals surface area contributed by atoms with E-state index in [4.69, 9.17) is 0 Å². The second kappa shape index (κ2) is 14.9. The summed E-state index contributed by atoms with van der Waals surface area (Å²) in [5.74, 6) is 0.326. The summed E-state index contributed by atoms with van der Waals surface area (Å²) in [7, 11) is 0. The third-order valence-corrected chi connectivity index (χ3v) is 12.6. The molecule has 0 radical (unpaired) electrons. The Labute approximate surface area is 346 Å². The average molecular weight is 751 g/mol. The predicted molar refractivity (Wildman–Crippen MR) is 249 cm³/mol. The van der Waals surface area contributed by atoms with E-state index < -0.39 is 0 Å². The standard InChI is InChI=1S/C59H42/c1-3-14-41(15-4-1)49-21-9-13-40(37-49)38-56(51-23-10-22-50(39-51)42-16-5-2-6-17-42)46-31-27-43(28-32-46)44-29-33-48(34-30-44)58-55-26-12-20-47-19-11-25-53(57(47)55)54-36-35-45-18-7-8-24-52(45)59(54)58/h1-37,39,56,58H,38H2/t56?,58-/m1/s1. The van der Waals surface area contributed by atoms with Gasteiger partial charge in [0.2, 0.25) is 0 Å². The molecule has 0 aromatic heterocycles. The summed E-state index contributed by atoms with van der Waals surface area (Å²) in [4.78, 5) is 0. The highest BCUT2D eigenvalue weighted by Gasteiger charge is 2.30. The number of rotatable bonds is 8. The SMILES string of the molecule is c1ccc(-c2cccc(CC(c3ccc(-c4ccc([C@H]5c6c(ccc7ccccc67)-c6cccc7cccc5c67)cc4)cc3)c3cccc(-c4ccccc4)c3)c2)cc1. The monoisotopic (exact) mass is 750 g/mol. The van der Waals surface area contributed by atoms with Gasteiger partial charge in [-0.15, -0.1) is 0 Å². The molecule has 59 heavy (non-hydrogen) atoms. The maximum atomic E-state index is 2.39. The maximum Gasteiger partial charge on any atom is 0.0358 e. The molecule has 0 amide bonds. The molecule has 0 saturated carbocycles. The highest BCUT2D eigenvalue weighted by Crippen LogP contribution is 2.50. The van der Waals surface area contributed by atoms with Crippen LogP contribution in [0.1, 0.15) is 45.2 Å². The van der Waals surface area contributed by atoms with Crippen LogP contribution in [0.4, 0.5) is 0 Å². The minimum atomic E-state index is 0.138. The normalized spacial score (nSPS) is 13.6. The molecule has 1 unspecified atom stereocenters. The van der Waals surface area contributed by atoms with Crippen molar-refractivity contribution in [1.82, 2.24) is 0 Å². The molecule has 2 atom stereocenters. The Hall–Kier alpha value is -7.28. The zero-order valence-corrected chi connectivity index (χ0v) is 32.8. The van der Waals surface area contributed by atoms with Crippen LogP contribution in [0.3, 0.4) is 0 Å². The first-order chi connectivity index (χ1) is 29.2. The highest BCUT2D eigenvalue weighted by molar-refractivity contribution is 6.07. The fourth-order valence-corrected chi connectivity index (χ4v) is 9.69. The van der Waals surface area contributed by atoms with E-state index in [1.165, 1.54) is 99.4 Å². The van der Waals surface area contributed by atoms with Crippen molar-refractivity contribution in [1.29, 1.82) is 0 Å². The van der Waals surface area contributed by atoms with Crippen LogP contribution >= 0.6 is 0 Å². The van der Waals surface area contributed by atoms with Crippen LogP contribution in [0.25, 0.3) is 66.1 Å². The molecule has 0 saturated heterocycles. The van der Waals surface area contributed by atoms with Gasteiger partial charge < -0.3 is 0 Å². The zero-order valence-electron chi connectivity index (χ0n) is 32.8. The molecule has 278 valence electrons. The van der Waals surface area contributed by atoms with Gasteiger partial charge in [0.15, 0.2) is 0 Å². The molecule has 11 rings (SSSR count). The van der Waals surface area contributed by atoms with Crippen molar-refractivity contribution >= 4 is 21.5 Å². The molecule has 0 nitrogen and oxygen atoms in total. The van der Waals surface area contributed by atoms with E-state index in [1.807, 2.05) is 0 Å². The summed E-state index contributed by atoms with van der Waals surface area (Å²) >= 11 is 0. The van der Waals surface area contributed by atoms with Crippen molar-refractivity contribution in [2.24, 2.45) is 0 Å². The quantitative estimate of drug-likeness (QED) is 0.145. The molecular formula is C59H42. The summed E-state index contributed by atoms with van der Waals surface area (Å²) in [5.41, 5.74) is 18.2. The highest BCUT2D eigenvalue weighted by atomic mass is 14.3. The molecule has 0 spiro atoms. The van der Waals surface area contributed by atoms with Crippen LogP contribution in [0, 0.1) is 0 Å². The van der Waals surface area contributed by atoms with Gasteiger partial charge in [-0.05, 0) is 106 Å². The molecule has 0 aliphatic heterocycles. The van der Waals surface area contributed by atoms with Crippen LogP contribution < -0.4 is 0 Å². The summed E-state index contributed by atoms with van der Waals surface area (Å²) < 4.78 is 0. The van der Waals surface area contributed by atoms with E-state index in [1.54, 1.807) is 0 Å². The fraction of sp³-hybridized carbons (Fsp3) is 0.0508. The Bertz CT molecular complexity index is 3100. The minimum absolute atomic E-state index is 0.138. The van der Waals surface area contributed by atoms with E-state index in [9.17, 15) is 0 Å². The molecule has 0 fully saturated rings. The van der Waals surface area contributed by atoms with Crippen molar-refractivity contribution in [3.8, 4) is 44.5 Å². The number of hydrogen-bond acceptors (Lipinski definition) is 0. The van der Waals surface area contributed by atoms with Crippen molar-refractivity contribution in [3.63, 3.8) is 0 Å². The summed E-state index contributed by atoms with van der Waals surface area (Å²) in [5, 5.41) is 5.29. The van der Waals surface area contributed by atoms with Crippen LogP contribution in [0.5, 0.6) is 0 Å². The molecule has 0 N–H and O–H groups in total. The molecule has 0 bridgehead atoms. The molecular weight excluding hydrogens is 709 g/mol. The van der Waals surface area contributed by atoms with Gasteiger partial charge in [0.25, 0.3) is 0 Å². The van der Waals surface area contributed by atoms with Crippen LogP contribution in [0.2, 0.25) is 0 Å². The smallest absolute Gasteiger partial charge is 0.0358 e. The Morgan fingerprint density at radius 2 is 0.932 bits per heavy atom. The summed E-state index contributed by atoms with van der Waals surface area (Å²) in [6, 6.07) is 85.4. The van der Waals surface area contributed by atoms with E-state index in [2.05, 4.69) is 231 Å². The lowest BCUT2D eigenvalue weighted by molar-refractivity contribution is 0.806. The molecule has 1 aliphatic rings. The van der Waals surface area contributed by atoms with Gasteiger partial charge in [-0.1, -0.05) is 231 Å². The van der Waals surface area contributed by atoms with Gasteiger partial charge >= 0.3 is 0 Å². The number of hydrogen-bond donors (Lipinski definition) is 0. The predicted octanol–water partition coefficient (Wildman–Crippen LogP) is 15.5. The lowest BCUT2D eigenvalue weighted by Crippen LogP contribution is -2.11. The Morgan fingerprint density at radius 1 is 0.356 bits per heavy atom. The van der Waals surface area contributed by atoms with Crippen molar-refractivity contribution in [2.75, 3.05) is 0 Å². The lowest BCUT2D eigenvalue weighted by Gasteiger charge is -2.30. The van der Waals surface area contributed by atoms with Gasteiger partial charge in [-0.3, -0.25) is 0 Å². The van der Waals surface area contributed by atoms with Gasteiger partial charge in [0.1, 0.15) is 0 Å². The maximum absolute atomic E-state index is 2.39. The van der Waals surface area contributed by atoms with Gasteiger partial charge in [0.05, 0.1) is 0 Å². The third-order valence-electron chi connectivity index (χ3n) is 12.6. The van der Waals surface area contributed by atoms with Crippen LogP contribution in [-0.2, 0) is 6.42 Å². The van der Waals surface area contributed by atoms with Crippen LogP contribution in [-0.4, -0.2) is 0 Å². The third kappa shape index (κ3) is 6.44. The van der Waals surface area contributed by atoms with E-state index in [-0.39, 0.29) is 11.8 Å². The van der Waals surface area contributed by atoms with Gasteiger partial charge in [-0.2, -0.15) is 0 Å². The number of fused-ring (bicyclic) bond motifs is 4. The van der Waals surface area contributed by atoms with E-state index in [0.29, 0.717) is 0 Å². The second-order valence-electron chi connectivity index (χ2n) is 16.0. The van der Waals surface area contributed by atoms with Gasteiger partial charge in [0, 0.05) is 11.8 Å². The van der Waals surface area contributed by atoms with Crippen molar-refractivity contribution in [3.05, 3.63) is 264 Å². The first kappa shape index (κ1) is 34.9. The molecule has 10 aromatic rings. The molecule has 0 heteroatoms. The van der Waals surface area contributed by atoms with Crippen LogP contribution in [0.15, 0.2) is 231 Å². The summed E-state index contributed by atoms with van der Waals surface area (Å²) in [6.45, 7) is 0. The van der Waals surface area contributed by atoms with Gasteiger partial charge in [-0.25, -0.2) is 0 Å². The Balaban J connectivity index is 0.954. The molecule has 1 aliphatic carbocycles. The zero-order chi connectivity index (χ0) is 39.1. The first-order valence-electron chi connectivity index (χ1n) is 20.8. The second-order valence-corrected chi connectivity index (χ2v) is 16.0. The molecule has 0 heterocycles. The van der Waals surface area contributed by atoms with Crippen molar-refractivity contribution < 1.29 is 0 Å². The topological polar surface area (TPSA) is 0 Å². The Kier molecular flexibility index (Phi) is 8.82. The van der Waals surface area contributed by atoms with E-state index >= 15 is 0 Å². The van der Waals surface area contributed by atoms with Crippen molar-refractivity contribution in [2.45, 2.75) is 18.3 Å². The van der Waals surface area contributed by atoms with E-state index in [0.717, 1.165) is 6.42 Å². The summed E-state index contributed by atoms with van der Waals surface area (Å²) in [6.07, 6.45) is 0.903. The average Bonchev–Trinajstić information content (AvgIpc) is 3.32. The Morgan fingerprint density at radius 3 is 1.68 bits per heavy atom. The minimum Gasteiger partial charge on any atom is -0.0622 e.